The molecule has 0 aliphatic carbocycles. The summed E-state index contributed by atoms with van der Waals surface area (Å²) in [5.74, 6) is -1.62. The molecule has 0 atom stereocenters. The number of carbonyl (C=O) groups is 1. The zero-order chi connectivity index (χ0) is 12.5. The van der Waals surface area contributed by atoms with Gasteiger partial charge in [-0.05, 0) is 23.7 Å². The van der Waals surface area contributed by atoms with Crippen molar-refractivity contribution in [1.29, 1.82) is 5.26 Å². The Morgan fingerprint density at radius 2 is 1.94 bits per heavy atom. The third-order valence-corrected chi connectivity index (χ3v) is 1.95. The molecule has 2 nitrogen and oxygen atoms in total. The van der Waals surface area contributed by atoms with E-state index >= 15 is 0 Å². The minimum absolute atomic E-state index is 0.225. The number of hydrogen-bond donors (Lipinski definition) is 0. The molecule has 0 aliphatic rings. The van der Waals surface area contributed by atoms with E-state index in [1.54, 1.807) is 0 Å². The average Bonchev–Trinajstić information content (AvgIpc) is 2.14. The molecule has 0 unspecified atom stereocenters. The second-order valence-corrected chi connectivity index (χ2v) is 3.10. The van der Waals surface area contributed by atoms with E-state index in [2.05, 4.69) is 0 Å². The predicted molar refractivity (Wildman–Crippen MR) is 46.3 cm³/mol. The number of benzene rings is 1. The van der Waals surface area contributed by atoms with E-state index in [9.17, 15) is 22.4 Å². The van der Waals surface area contributed by atoms with E-state index in [1.165, 1.54) is 6.07 Å². The van der Waals surface area contributed by atoms with Gasteiger partial charge in [-0.1, -0.05) is 0 Å². The van der Waals surface area contributed by atoms with Gasteiger partial charge in [0, 0.05) is 0 Å². The molecular formula is C9H2ClF4NO. The number of halogens is 5. The highest BCUT2D eigenvalue weighted by Gasteiger charge is 2.35. The van der Waals surface area contributed by atoms with E-state index in [-0.39, 0.29) is 6.07 Å². The van der Waals surface area contributed by atoms with Crippen molar-refractivity contribution in [3.63, 3.8) is 0 Å². The monoisotopic (exact) mass is 251 g/mol. The topological polar surface area (TPSA) is 40.9 Å². The fourth-order valence-electron chi connectivity index (χ4n) is 1.05. The quantitative estimate of drug-likeness (QED) is 0.568. The van der Waals surface area contributed by atoms with Gasteiger partial charge in [0.2, 0.25) is 0 Å². The Morgan fingerprint density at radius 1 is 1.38 bits per heavy atom. The summed E-state index contributed by atoms with van der Waals surface area (Å²) in [6.07, 6.45) is -4.95. The maximum absolute atomic E-state index is 13.0. The molecular weight excluding hydrogens is 250 g/mol. The van der Waals surface area contributed by atoms with Crippen LogP contribution < -0.4 is 0 Å². The fraction of sp³-hybridized carbons (Fsp3) is 0.111. The van der Waals surface area contributed by atoms with Crippen LogP contribution in [-0.2, 0) is 6.18 Å². The first-order valence-electron chi connectivity index (χ1n) is 3.78. The summed E-state index contributed by atoms with van der Waals surface area (Å²) in [6, 6.07) is 1.94. The maximum atomic E-state index is 13.0. The summed E-state index contributed by atoms with van der Waals surface area (Å²) < 4.78 is 49.7. The van der Waals surface area contributed by atoms with Crippen LogP contribution in [0.15, 0.2) is 12.1 Å². The zero-order valence-corrected chi connectivity index (χ0v) is 8.16. The number of alkyl halides is 3. The Balaban J connectivity index is 3.53. The van der Waals surface area contributed by atoms with E-state index in [1.807, 2.05) is 0 Å². The van der Waals surface area contributed by atoms with Crippen molar-refractivity contribution in [3.05, 3.63) is 34.6 Å². The van der Waals surface area contributed by atoms with Crippen LogP contribution in [0.1, 0.15) is 21.5 Å². The van der Waals surface area contributed by atoms with Crippen LogP contribution in [-0.4, -0.2) is 5.24 Å². The highest BCUT2D eigenvalue weighted by Crippen LogP contribution is 2.33. The van der Waals surface area contributed by atoms with Gasteiger partial charge >= 0.3 is 6.18 Å². The number of rotatable bonds is 1. The minimum Gasteiger partial charge on any atom is -0.276 e. The molecule has 84 valence electrons. The summed E-state index contributed by atoms with van der Waals surface area (Å²) >= 11 is 4.98. The lowest BCUT2D eigenvalue weighted by Crippen LogP contribution is -2.10. The lowest BCUT2D eigenvalue weighted by Gasteiger charge is -2.09. The molecule has 0 radical (unpaired) electrons. The van der Waals surface area contributed by atoms with Crippen LogP contribution in [0.2, 0.25) is 0 Å². The molecule has 0 heterocycles. The molecule has 0 spiro atoms. The standard InChI is InChI=1S/C9H2ClF4NO/c10-8(16)5-2-6(9(12,13)14)7(11)1-4(5)3-15/h1-2H. The molecule has 0 aromatic heterocycles. The van der Waals surface area contributed by atoms with Crippen LogP contribution in [0.25, 0.3) is 0 Å². The first-order chi connectivity index (χ1) is 7.27. The average molecular weight is 252 g/mol. The molecule has 16 heavy (non-hydrogen) atoms. The van der Waals surface area contributed by atoms with E-state index in [4.69, 9.17) is 16.9 Å². The van der Waals surface area contributed by atoms with E-state index < -0.39 is 33.9 Å². The second kappa shape index (κ2) is 4.10. The third-order valence-electron chi connectivity index (χ3n) is 1.74. The first kappa shape index (κ1) is 12.5. The Bertz CT molecular complexity index is 490. The van der Waals surface area contributed by atoms with Crippen LogP contribution in [0.4, 0.5) is 17.6 Å². The number of nitrogens with zero attached hydrogens (tertiary/aromatic N) is 1. The van der Waals surface area contributed by atoms with Crippen molar-refractivity contribution < 1.29 is 22.4 Å². The molecule has 1 rings (SSSR count). The van der Waals surface area contributed by atoms with Gasteiger partial charge in [0.05, 0.1) is 16.7 Å². The molecule has 0 N–H and O–H groups in total. The van der Waals surface area contributed by atoms with Crippen LogP contribution in [0.5, 0.6) is 0 Å². The van der Waals surface area contributed by atoms with Crippen LogP contribution >= 0.6 is 11.6 Å². The smallest absolute Gasteiger partial charge is 0.276 e. The highest BCUT2D eigenvalue weighted by molar-refractivity contribution is 6.68. The van der Waals surface area contributed by atoms with Crippen molar-refractivity contribution in [2.75, 3.05) is 0 Å². The van der Waals surface area contributed by atoms with Gasteiger partial charge in [-0.3, -0.25) is 4.79 Å². The van der Waals surface area contributed by atoms with Crippen molar-refractivity contribution in [2.45, 2.75) is 6.18 Å². The molecule has 1 aromatic rings. The lowest BCUT2D eigenvalue weighted by atomic mass is 10.0. The summed E-state index contributed by atoms with van der Waals surface area (Å²) in [4.78, 5) is 10.7. The second-order valence-electron chi connectivity index (χ2n) is 2.76. The predicted octanol–water partition coefficient (Wildman–Crippen LogP) is 3.10. The van der Waals surface area contributed by atoms with Gasteiger partial charge in [-0.2, -0.15) is 18.4 Å². The lowest BCUT2D eigenvalue weighted by molar-refractivity contribution is -0.140. The van der Waals surface area contributed by atoms with Crippen LogP contribution in [0, 0.1) is 17.1 Å². The van der Waals surface area contributed by atoms with Gasteiger partial charge in [-0.15, -0.1) is 0 Å². The number of nitriles is 1. The molecule has 0 aliphatic heterocycles. The van der Waals surface area contributed by atoms with Crippen molar-refractivity contribution in [1.82, 2.24) is 0 Å². The molecule has 0 fully saturated rings. The SMILES string of the molecule is N#Cc1cc(F)c(C(F)(F)F)cc1C(=O)Cl. The first-order valence-corrected chi connectivity index (χ1v) is 4.16. The van der Waals surface area contributed by atoms with Gasteiger partial charge in [0.1, 0.15) is 11.9 Å². The number of hydrogen-bond acceptors (Lipinski definition) is 2. The van der Waals surface area contributed by atoms with Gasteiger partial charge < -0.3 is 0 Å². The minimum atomic E-state index is -4.95. The highest BCUT2D eigenvalue weighted by atomic mass is 35.5. The Hall–Kier alpha value is -1.61. The van der Waals surface area contributed by atoms with Gasteiger partial charge in [0.15, 0.2) is 0 Å². The summed E-state index contributed by atoms with van der Waals surface area (Å²) in [7, 11) is 0. The largest absolute Gasteiger partial charge is 0.419 e. The van der Waals surface area contributed by atoms with Gasteiger partial charge in [0.25, 0.3) is 5.24 Å². The summed E-state index contributed by atoms with van der Waals surface area (Å²) in [5, 5.41) is 7.23. The molecule has 0 saturated heterocycles. The Kier molecular flexibility index (Phi) is 3.19. The normalized spacial score (nSPS) is 11.0. The number of carbonyl (C=O) groups excluding carboxylic acids is 1. The van der Waals surface area contributed by atoms with Crippen molar-refractivity contribution in [2.24, 2.45) is 0 Å². The van der Waals surface area contributed by atoms with Crippen molar-refractivity contribution >= 4 is 16.8 Å². The van der Waals surface area contributed by atoms with E-state index in [0.717, 1.165) is 0 Å². The Morgan fingerprint density at radius 3 is 2.31 bits per heavy atom. The Labute approximate surface area is 92.0 Å². The van der Waals surface area contributed by atoms with Crippen LogP contribution in [0.3, 0.4) is 0 Å². The summed E-state index contributed by atoms with van der Waals surface area (Å²) in [5.41, 5.74) is -2.83. The molecule has 0 bridgehead atoms. The zero-order valence-electron chi connectivity index (χ0n) is 7.40. The summed E-state index contributed by atoms with van der Waals surface area (Å²) in [6.45, 7) is 0. The van der Waals surface area contributed by atoms with E-state index in [0.29, 0.717) is 6.07 Å². The third kappa shape index (κ3) is 2.31. The van der Waals surface area contributed by atoms with Gasteiger partial charge in [-0.25, -0.2) is 4.39 Å². The van der Waals surface area contributed by atoms with Crippen molar-refractivity contribution in [3.8, 4) is 6.07 Å². The maximum Gasteiger partial charge on any atom is 0.419 e. The fourth-order valence-corrected chi connectivity index (χ4v) is 1.20. The molecule has 7 heteroatoms. The molecule has 0 saturated carbocycles. The molecule has 1 aromatic carbocycles. The molecule has 0 amide bonds.